The van der Waals surface area contributed by atoms with Crippen molar-refractivity contribution in [1.82, 2.24) is 19.4 Å². The van der Waals surface area contributed by atoms with Crippen LogP contribution in [0.4, 0.5) is 15.9 Å². The number of carbonyl (C=O) groups is 1. The Hall–Kier alpha value is -3.99. The van der Waals surface area contributed by atoms with Gasteiger partial charge < -0.3 is 14.4 Å². The van der Waals surface area contributed by atoms with Gasteiger partial charge in [0.15, 0.2) is 0 Å². The number of aromatic nitrogens is 3. The van der Waals surface area contributed by atoms with Crippen molar-refractivity contribution in [2.45, 2.75) is 17.9 Å². The van der Waals surface area contributed by atoms with E-state index in [2.05, 4.69) is 19.6 Å². The average Bonchev–Trinajstić information content (AvgIpc) is 3.34. The monoisotopic (exact) mass is 510 g/mol. The van der Waals surface area contributed by atoms with Crippen molar-refractivity contribution < 1.29 is 19.0 Å². The standard InChI is InChI=1S/C25H25FN6O3S.H2/c1-18(32-12-10-21-22(26)3-2-4-23(21)32)25(33)31-15-13-30(14-16-31)19-5-7-20(8-6-19)36(34,35)29-24-9-11-27-17-28-24;/h2-12,17-18H,13-16H2,1H3,(H,27,28,29);1H. The first kappa shape index (κ1) is 23.7. The highest BCUT2D eigenvalue weighted by Crippen LogP contribution is 2.25. The van der Waals surface area contributed by atoms with Gasteiger partial charge in [0.1, 0.15) is 24.0 Å². The van der Waals surface area contributed by atoms with Crippen LogP contribution in [0.15, 0.2) is 78.2 Å². The molecule has 0 saturated carbocycles. The molecular formula is C25H27FN6O3S. The molecule has 1 aliphatic heterocycles. The maximum absolute atomic E-state index is 14.1. The summed E-state index contributed by atoms with van der Waals surface area (Å²) >= 11 is 0. The molecule has 1 unspecified atom stereocenters. The molecule has 0 aliphatic carbocycles. The number of amides is 1. The maximum atomic E-state index is 14.1. The first-order valence-corrected chi connectivity index (χ1v) is 13.0. The van der Waals surface area contributed by atoms with E-state index in [-0.39, 0.29) is 23.9 Å². The van der Waals surface area contributed by atoms with Gasteiger partial charge in [0.2, 0.25) is 5.91 Å². The van der Waals surface area contributed by atoms with Crippen LogP contribution in [0.25, 0.3) is 10.9 Å². The molecule has 0 bridgehead atoms. The van der Waals surface area contributed by atoms with Gasteiger partial charge in [0.05, 0.1) is 10.4 Å². The lowest BCUT2D eigenvalue weighted by molar-refractivity contribution is -0.134. The predicted octanol–water partition coefficient (Wildman–Crippen LogP) is 3.53. The minimum Gasteiger partial charge on any atom is -0.368 e. The summed E-state index contributed by atoms with van der Waals surface area (Å²) in [6.45, 7) is 4.13. The molecule has 0 radical (unpaired) electrons. The quantitative estimate of drug-likeness (QED) is 0.426. The average molecular weight is 511 g/mol. The summed E-state index contributed by atoms with van der Waals surface area (Å²) in [4.78, 5) is 24.9. The fourth-order valence-corrected chi connectivity index (χ4v) is 5.45. The molecule has 1 N–H and O–H groups in total. The zero-order chi connectivity index (χ0) is 25.3. The Morgan fingerprint density at radius 1 is 1.06 bits per heavy atom. The van der Waals surface area contributed by atoms with Crippen molar-refractivity contribution in [1.29, 1.82) is 0 Å². The van der Waals surface area contributed by atoms with E-state index in [0.717, 1.165) is 5.69 Å². The Bertz CT molecular complexity index is 1490. The van der Waals surface area contributed by atoms with E-state index in [1.54, 1.807) is 42.6 Å². The van der Waals surface area contributed by atoms with Gasteiger partial charge in [-0.25, -0.2) is 22.8 Å². The van der Waals surface area contributed by atoms with E-state index < -0.39 is 16.1 Å². The van der Waals surface area contributed by atoms with Crippen molar-refractivity contribution in [3.8, 4) is 0 Å². The molecule has 0 spiro atoms. The number of anilines is 2. The summed E-state index contributed by atoms with van der Waals surface area (Å²) in [6.07, 6.45) is 4.48. The normalized spacial score (nSPS) is 15.2. The molecule has 1 amide bonds. The van der Waals surface area contributed by atoms with Gasteiger partial charge in [0, 0.05) is 51.1 Å². The molecule has 1 aliphatic rings. The van der Waals surface area contributed by atoms with Crippen LogP contribution in [-0.4, -0.2) is 59.9 Å². The molecule has 11 heteroatoms. The molecule has 5 rings (SSSR count). The molecule has 1 saturated heterocycles. The highest BCUT2D eigenvalue weighted by molar-refractivity contribution is 7.92. The molecule has 9 nitrogen and oxygen atoms in total. The third-order valence-corrected chi connectivity index (χ3v) is 7.78. The number of fused-ring (bicyclic) bond motifs is 1. The number of nitrogens with zero attached hydrogens (tertiary/aromatic N) is 5. The van der Waals surface area contributed by atoms with Crippen molar-refractivity contribution in [2.24, 2.45) is 0 Å². The summed E-state index contributed by atoms with van der Waals surface area (Å²) < 4.78 is 43.5. The Kier molecular flexibility index (Phi) is 6.31. The topological polar surface area (TPSA) is 100 Å². The van der Waals surface area contributed by atoms with Gasteiger partial charge >= 0.3 is 0 Å². The fraction of sp³-hybridized carbons (Fsp3) is 0.240. The molecular weight excluding hydrogens is 483 g/mol. The second-order valence-electron chi connectivity index (χ2n) is 8.58. The van der Waals surface area contributed by atoms with Gasteiger partial charge in [-0.3, -0.25) is 9.52 Å². The highest BCUT2D eigenvalue weighted by Gasteiger charge is 2.27. The second kappa shape index (κ2) is 9.57. The maximum Gasteiger partial charge on any atom is 0.263 e. The summed E-state index contributed by atoms with van der Waals surface area (Å²) in [5.74, 6) is -0.126. The largest absolute Gasteiger partial charge is 0.368 e. The van der Waals surface area contributed by atoms with E-state index in [0.29, 0.717) is 37.1 Å². The van der Waals surface area contributed by atoms with Gasteiger partial charge in [-0.05, 0) is 55.5 Å². The second-order valence-corrected chi connectivity index (χ2v) is 10.3. The molecule has 36 heavy (non-hydrogen) atoms. The number of halogens is 1. The third kappa shape index (κ3) is 4.61. The molecule has 2 aromatic carbocycles. The Morgan fingerprint density at radius 3 is 2.50 bits per heavy atom. The van der Waals surface area contributed by atoms with Crippen LogP contribution in [0.1, 0.15) is 14.4 Å². The van der Waals surface area contributed by atoms with E-state index in [9.17, 15) is 17.6 Å². The molecule has 188 valence electrons. The minimum absolute atomic E-state index is 0. The van der Waals surface area contributed by atoms with Crippen molar-refractivity contribution in [3.63, 3.8) is 0 Å². The van der Waals surface area contributed by atoms with E-state index in [1.165, 1.54) is 24.7 Å². The van der Waals surface area contributed by atoms with Crippen LogP contribution >= 0.6 is 0 Å². The van der Waals surface area contributed by atoms with Gasteiger partial charge in [-0.2, -0.15) is 0 Å². The number of benzene rings is 2. The van der Waals surface area contributed by atoms with Gasteiger partial charge in [0.25, 0.3) is 10.0 Å². The van der Waals surface area contributed by atoms with Crippen molar-refractivity contribution >= 4 is 38.3 Å². The van der Waals surface area contributed by atoms with Crippen LogP contribution in [0.3, 0.4) is 0 Å². The molecule has 2 aromatic heterocycles. The Morgan fingerprint density at radius 2 is 1.81 bits per heavy atom. The number of hydrogen-bond acceptors (Lipinski definition) is 6. The SMILES string of the molecule is CC(C(=O)N1CCN(c2ccc(S(=O)(=O)Nc3ccncn3)cc2)CC1)n1ccc2c(F)cccc21.[HH]. The molecule has 1 atom stereocenters. The smallest absolute Gasteiger partial charge is 0.263 e. The van der Waals surface area contributed by atoms with Crippen LogP contribution in [0.2, 0.25) is 0 Å². The van der Waals surface area contributed by atoms with E-state index in [1.807, 2.05) is 22.5 Å². The fourth-order valence-electron chi connectivity index (χ4n) is 4.44. The van der Waals surface area contributed by atoms with Gasteiger partial charge in [-0.1, -0.05) is 6.07 Å². The Labute approximate surface area is 209 Å². The summed E-state index contributed by atoms with van der Waals surface area (Å²) in [7, 11) is -3.77. The van der Waals surface area contributed by atoms with Crippen LogP contribution < -0.4 is 9.62 Å². The van der Waals surface area contributed by atoms with Crippen LogP contribution in [0.5, 0.6) is 0 Å². The molecule has 3 heterocycles. The lowest BCUT2D eigenvalue weighted by atomic mass is 10.2. The number of carbonyl (C=O) groups excluding carboxylic acids is 1. The summed E-state index contributed by atoms with van der Waals surface area (Å²) in [6, 6.07) is 14.2. The zero-order valence-corrected chi connectivity index (χ0v) is 20.4. The lowest BCUT2D eigenvalue weighted by Crippen LogP contribution is -2.50. The number of rotatable bonds is 6. The van der Waals surface area contributed by atoms with Crippen LogP contribution in [0, 0.1) is 5.82 Å². The van der Waals surface area contributed by atoms with Crippen LogP contribution in [-0.2, 0) is 14.8 Å². The minimum atomic E-state index is -3.77. The first-order valence-electron chi connectivity index (χ1n) is 11.5. The number of nitrogens with one attached hydrogen (secondary N) is 1. The van der Waals surface area contributed by atoms with Crippen molar-refractivity contribution in [3.05, 3.63) is 79.1 Å². The van der Waals surface area contributed by atoms with E-state index >= 15 is 0 Å². The molecule has 4 aromatic rings. The first-order chi connectivity index (χ1) is 17.3. The Balaban J connectivity index is 0.00000320. The number of sulfonamides is 1. The lowest BCUT2D eigenvalue weighted by Gasteiger charge is -2.37. The van der Waals surface area contributed by atoms with E-state index in [4.69, 9.17) is 0 Å². The summed E-state index contributed by atoms with van der Waals surface area (Å²) in [5, 5.41) is 0.500. The number of piperazine rings is 1. The molecule has 1 fully saturated rings. The predicted molar refractivity (Wildman–Crippen MR) is 137 cm³/mol. The highest BCUT2D eigenvalue weighted by atomic mass is 32.2. The van der Waals surface area contributed by atoms with Gasteiger partial charge in [-0.15, -0.1) is 0 Å². The zero-order valence-electron chi connectivity index (χ0n) is 19.6. The third-order valence-electron chi connectivity index (χ3n) is 6.41. The number of hydrogen-bond donors (Lipinski definition) is 1. The summed E-state index contributed by atoms with van der Waals surface area (Å²) in [5.41, 5.74) is 1.57. The van der Waals surface area contributed by atoms with Crippen molar-refractivity contribution in [2.75, 3.05) is 35.8 Å².